The number of amides is 1. The van der Waals surface area contributed by atoms with Crippen LogP contribution in [0.4, 0.5) is 4.79 Å². The Morgan fingerprint density at radius 3 is 2.40 bits per heavy atom. The summed E-state index contributed by atoms with van der Waals surface area (Å²) in [5.41, 5.74) is -0.453. The number of aromatic nitrogens is 2. The fraction of sp³-hybridized carbons (Fsp3) is 0.643. The second-order valence-corrected chi connectivity index (χ2v) is 5.86. The Morgan fingerprint density at radius 1 is 1.25 bits per heavy atom. The van der Waals surface area contributed by atoms with E-state index in [1.807, 2.05) is 20.8 Å². The number of piperidine rings is 1. The Hall–Kier alpha value is -1.85. The zero-order chi connectivity index (χ0) is 14.6. The van der Waals surface area contributed by atoms with Crippen LogP contribution in [0.3, 0.4) is 0 Å². The van der Waals surface area contributed by atoms with Gasteiger partial charge in [0.2, 0.25) is 0 Å². The molecule has 0 aromatic carbocycles. The fourth-order valence-corrected chi connectivity index (χ4v) is 2.02. The highest BCUT2D eigenvalue weighted by atomic mass is 16.6. The van der Waals surface area contributed by atoms with Crippen LogP contribution in [0.5, 0.6) is 5.75 Å². The van der Waals surface area contributed by atoms with E-state index in [0.29, 0.717) is 18.8 Å². The molecular formula is C14H21N3O3. The van der Waals surface area contributed by atoms with Crippen molar-refractivity contribution >= 4 is 6.09 Å². The van der Waals surface area contributed by atoms with Gasteiger partial charge >= 0.3 is 6.09 Å². The molecule has 1 aromatic heterocycles. The third-order valence-corrected chi connectivity index (χ3v) is 2.93. The van der Waals surface area contributed by atoms with Crippen molar-refractivity contribution < 1.29 is 14.3 Å². The molecule has 1 aromatic rings. The highest BCUT2D eigenvalue weighted by molar-refractivity contribution is 5.68. The van der Waals surface area contributed by atoms with Gasteiger partial charge in [0.1, 0.15) is 18.0 Å². The third-order valence-electron chi connectivity index (χ3n) is 2.93. The van der Waals surface area contributed by atoms with Crippen LogP contribution in [-0.4, -0.2) is 45.8 Å². The van der Waals surface area contributed by atoms with E-state index < -0.39 is 5.60 Å². The van der Waals surface area contributed by atoms with Crippen LogP contribution >= 0.6 is 0 Å². The maximum absolute atomic E-state index is 11.9. The van der Waals surface area contributed by atoms with Gasteiger partial charge < -0.3 is 14.4 Å². The van der Waals surface area contributed by atoms with E-state index in [9.17, 15) is 4.79 Å². The predicted molar refractivity (Wildman–Crippen MR) is 73.5 cm³/mol. The highest BCUT2D eigenvalue weighted by Gasteiger charge is 2.27. The van der Waals surface area contributed by atoms with Crippen molar-refractivity contribution in [3.8, 4) is 5.75 Å². The maximum Gasteiger partial charge on any atom is 0.410 e. The van der Waals surface area contributed by atoms with Gasteiger partial charge in [-0.05, 0) is 20.8 Å². The van der Waals surface area contributed by atoms with Gasteiger partial charge in [0.15, 0.2) is 5.75 Å². The largest absolute Gasteiger partial charge is 0.487 e. The van der Waals surface area contributed by atoms with Crippen LogP contribution in [0, 0.1) is 0 Å². The molecule has 6 heteroatoms. The summed E-state index contributed by atoms with van der Waals surface area (Å²) in [6, 6.07) is 0. The third kappa shape index (κ3) is 4.36. The number of rotatable bonds is 2. The van der Waals surface area contributed by atoms with E-state index in [0.717, 1.165) is 12.8 Å². The lowest BCUT2D eigenvalue weighted by molar-refractivity contribution is 0.0126. The molecule has 1 aliphatic heterocycles. The van der Waals surface area contributed by atoms with Crippen LogP contribution in [0.15, 0.2) is 18.7 Å². The highest BCUT2D eigenvalue weighted by Crippen LogP contribution is 2.19. The quantitative estimate of drug-likeness (QED) is 0.830. The molecule has 0 saturated carbocycles. The van der Waals surface area contributed by atoms with E-state index in [1.54, 1.807) is 17.3 Å². The molecule has 110 valence electrons. The lowest BCUT2D eigenvalue weighted by atomic mass is 10.1. The maximum atomic E-state index is 11.9. The van der Waals surface area contributed by atoms with Gasteiger partial charge in [-0.2, -0.15) is 0 Å². The molecule has 2 rings (SSSR count). The Balaban J connectivity index is 1.79. The van der Waals surface area contributed by atoms with E-state index >= 15 is 0 Å². The van der Waals surface area contributed by atoms with Gasteiger partial charge in [0, 0.05) is 25.9 Å². The molecule has 0 aliphatic carbocycles. The fourth-order valence-electron chi connectivity index (χ4n) is 2.02. The van der Waals surface area contributed by atoms with Gasteiger partial charge in [0.05, 0.1) is 12.4 Å². The van der Waals surface area contributed by atoms with Gasteiger partial charge in [0.25, 0.3) is 0 Å². The summed E-state index contributed by atoms with van der Waals surface area (Å²) >= 11 is 0. The number of carbonyl (C=O) groups is 1. The molecule has 1 aliphatic rings. The Labute approximate surface area is 119 Å². The lowest BCUT2D eigenvalue weighted by Crippen LogP contribution is -2.44. The first-order valence-corrected chi connectivity index (χ1v) is 6.83. The number of ether oxygens (including phenoxy) is 2. The summed E-state index contributed by atoms with van der Waals surface area (Å²) in [6.45, 7) is 6.91. The van der Waals surface area contributed by atoms with Crippen molar-refractivity contribution in [2.45, 2.75) is 45.3 Å². The van der Waals surface area contributed by atoms with Gasteiger partial charge in [-0.25, -0.2) is 14.8 Å². The van der Waals surface area contributed by atoms with Crippen LogP contribution < -0.4 is 4.74 Å². The number of likely N-dealkylation sites (tertiary alicyclic amines) is 1. The zero-order valence-corrected chi connectivity index (χ0v) is 12.2. The van der Waals surface area contributed by atoms with Crippen LogP contribution in [0.2, 0.25) is 0 Å². The monoisotopic (exact) mass is 279 g/mol. The first-order chi connectivity index (χ1) is 9.44. The summed E-state index contributed by atoms with van der Waals surface area (Å²) in [5, 5.41) is 0. The van der Waals surface area contributed by atoms with Gasteiger partial charge in [-0.15, -0.1) is 0 Å². The van der Waals surface area contributed by atoms with Crippen LogP contribution in [0.25, 0.3) is 0 Å². The Kier molecular flexibility index (Phi) is 4.42. The second-order valence-electron chi connectivity index (χ2n) is 5.86. The smallest absolute Gasteiger partial charge is 0.410 e. The zero-order valence-electron chi connectivity index (χ0n) is 12.2. The minimum Gasteiger partial charge on any atom is -0.487 e. The molecule has 2 heterocycles. The molecule has 0 unspecified atom stereocenters. The summed E-state index contributed by atoms with van der Waals surface area (Å²) in [7, 11) is 0. The van der Waals surface area contributed by atoms with E-state index in [2.05, 4.69) is 9.97 Å². The molecule has 6 nitrogen and oxygen atoms in total. The average molecular weight is 279 g/mol. The number of hydrogen-bond donors (Lipinski definition) is 0. The number of nitrogens with zero attached hydrogens (tertiary/aromatic N) is 3. The molecular weight excluding hydrogens is 258 g/mol. The summed E-state index contributed by atoms with van der Waals surface area (Å²) < 4.78 is 11.1. The van der Waals surface area contributed by atoms with Crippen molar-refractivity contribution in [2.75, 3.05) is 13.1 Å². The van der Waals surface area contributed by atoms with E-state index in [1.165, 1.54) is 6.33 Å². The molecule has 1 fully saturated rings. The summed E-state index contributed by atoms with van der Waals surface area (Å²) in [4.78, 5) is 21.5. The van der Waals surface area contributed by atoms with Crippen molar-refractivity contribution in [1.82, 2.24) is 14.9 Å². The molecule has 0 bridgehead atoms. The molecule has 0 spiro atoms. The van der Waals surface area contributed by atoms with E-state index in [4.69, 9.17) is 9.47 Å². The topological polar surface area (TPSA) is 64.5 Å². The summed E-state index contributed by atoms with van der Waals surface area (Å²) in [5.74, 6) is 0.670. The molecule has 20 heavy (non-hydrogen) atoms. The van der Waals surface area contributed by atoms with Crippen molar-refractivity contribution in [1.29, 1.82) is 0 Å². The lowest BCUT2D eigenvalue weighted by Gasteiger charge is -2.33. The van der Waals surface area contributed by atoms with Crippen LogP contribution in [0.1, 0.15) is 33.6 Å². The number of carbonyl (C=O) groups excluding carboxylic acids is 1. The predicted octanol–water partition coefficient (Wildman–Crippen LogP) is 2.25. The van der Waals surface area contributed by atoms with Gasteiger partial charge in [-0.1, -0.05) is 0 Å². The van der Waals surface area contributed by atoms with Gasteiger partial charge in [-0.3, -0.25) is 0 Å². The second kappa shape index (κ2) is 6.07. The molecule has 0 radical (unpaired) electrons. The first-order valence-electron chi connectivity index (χ1n) is 6.83. The normalized spacial score (nSPS) is 16.9. The molecule has 0 atom stereocenters. The molecule has 1 saturated heterocycles. The minimum atomic E-state index is -0.453. The Bertz CT molecular complexity index is 437. The average Bonchev–Trinajstić information content (AvgIpc) is 2.39. The summed E-state index contributed by atoms with van der Waals surface area (Å²) in [6.07, 6.45) is 6.18. The van der Waals surface area contributed by atoms with Crippen molar-refractivity contribution in [3.63, 3.8) is 0 Å². The number of hydrogen-bond acceptors (Lipinski definition) is 5. The molecule has 1 amide bonds. The SMILES string of the molecule is CC(C)(C)OC(=O)N1CCC(Oc2cncnc2)CC1. The van der Waals surface area contributed by atoms with Crippen LogP contribution in [-0.2, 0) is 4.74 Å². The minimum absolute atomic E-state index is 0.0969. The van der Waals surface area contributed by atoms with E-state index in [-0.39, 0.29) is 12.2 Å². The first kappa shape index (κ1) is 14.6. The molecule has 0 N–H and O–H groups in total. The standard InChI is InChI=1S/C14H21N3O3/c1-14(2,3)20-13(18)17-6-4-11(5-7-17)19-12-8-15-10-16-9-12/h8-11H,4-7H2,1-3H3. The van der Waals surface area contributed by atoms with Crippen molar-refractivity contribution in [3.05, 3.63) is 18.7 Å². The van der Waals surface area contributed by atoms with Crippen molar-refractivity contribution in [2.24, 2.45) is 0 Å². The Morgan fingerprint density at radius 2 is 1.85 bits per heavy atom.